The van der Waals surface area contributed by atoms with Crippen molar-refractivity contribution in [2.75, 3.05) is 11.9 Å². The van der Waals surface area contributed by atoms with Gasteiger partial charge in [0.1, 0.15) is 11.5 Å². The average Bonchev–Trinajstić information content (AvgIpc) is 2.45. The highest BCUT2D eigenvalue weighted by atomic mass is 19.4. The molecule has 7 heteroatoms. The second kappa shape index (κ2) is 5.85. The molecule has 2 aromatic rings. The summed E-state index contributed by atoms with van der Waals surface area (Å²) in [5.41, 5.74) is -0.309. The van der Waals surface area contributed by atoms with E-state index < -0.39 is 11.7 Å². The van der Waals surface area contributed by atoms with Crippen LogP contribution in [0.3, 0.4) is 0 Å². The molecule has 0 spiro atoms. The highest BCUT2D eigenvalue weighted by Crippen LogP contribution is 2.32. The molecule has 20 heavy (non-hydrogen) atoms. The Morgan fingerprint density at radius 3 is 2.55 bits per heavy atom. The van der Waals surface area contributed by atoms with Gasteiger partial charge in [-0.25, -0.2) is 4.98 Å². The van der Waals surface area contributed by atoms with E-state index in [1.54, 1.807) is 0 Å². The largest absolute Gasteiger partial charge is 0.416 e. The van der Waals surface area contributed by atoms with Crippen LogP contribution in [0.4, 0.5) is 19.0 Å². The molecule has 0 aliphatic carbocycles. The summed E-state index contributed by atoms with van der Waals surface area (Å²) >= 11 is 0. The molecular weight excluding hydrogens is 269 g/mol. The van der Waals surface area contributed by atoms with E-state index in [9.17, 15) is 13.2 Å². The van der Waals surface area contributed by atoms with Gasteiger partial charge in [-0.05, 0) is 18.6 Å². The fourth-order valence-corrected chi connectivity index (χ4v) is 1.60. The van der Waals surface area contributed by atoms with Gasteiger partial charge < -0.3 is 5.32 Å². The standard InChI is InChI=1S/C13H13F3N4/c1-2-3-19-12-7-9(13(14,15)16)6-10(20-12)11-8-17-4-5-18-11/h4-8H,2-3H2,1H3,(H,19,20). The van der Waals surface area contributed by atoms with E-state index in [1.165, 1.54) is 18.6 Å². The predicted molar refractivity (Wildman–Crippen MR) is 69.0 cm³/mol. The number of pyridine rings is 1. The Morgan fingerprint density at radius 2 is 1.95 bits per heavy atom. The van der Waals surface area contributed by atoms with Crippen molar-refractivity contribution in [3.63, 3.8) is 0 Å². The van der Waals surface area contributed by atoms with E-state index in [2.05, 4.69) is 20.3 Å². The molecule has 1 N–H and O–H groups in total. The van der Waals surface area contributed by atoms with E-state index in [-0.39, 0.29) is 11.5 Å². The number of hydrogen-bond acceptors (Lipinski definition) is 4. The number of nitrogens with one attached hydrogen (secondary N) is 1. The fraction of sp³-hybridized carbons (Fsp3) is 0.308. The summed E-state index contributed by atoms with van der Waals surface area (Å²) in [6.45, 7) is 2.47. The zero-order valence-electron chi connectivity index (χ0n) is 10.8. The fourth-order valence-electron chi connectivity index (χ4n) is 1.60. The normalized spacial score (nSPS) is 11.4. The molecule has 0 bridgehead atoms. The van der Waals surface area contributed by atoms with Crippen LogP contribution >= 0.6 is 0 Å². The minimum absolute atomic E-state index is 0.145. The number of hydrogen-bond donors (Lipinski definition) is 1. The molecule has 0 saturated heterocycles. The second-order valence-electron chi connectivity index (χ2n) is 4.14. The highest BCUT2D eigenvalue weighted by molar-refractivity contribution is 5.58. The van der Waals surface area contributed by atoms with Gasteiger partial charge in [-0.15, -0.1) is 0 Å². The number of aromatic nitrogens is 3. The second-order valence-corrected chi connectivity index (χ2v) is 4.14. The van der Waals surface area contributed by atoms with Crippen molar-refractivity contribution >= 4 is 5.82 Å². The van der Waals surface area contributed by atoms with Crippen molar-refractivity contribution in [3.8, 4) is 11.4 Å². The summed E-state index contributed by atoms with van der Waals surface area (Å²) in [4.78, 5) is 12.0. The molecule has 0 saturated carbocycles. The minimum Gasteiger partial charge on any atom is -0.370 e. The van der Waals surface area contributed by atoms with Gasteiger partial charge in [0.05, 0.1) is 17.5 Å². The van der Waals surface area contributed by atoms with Crippen LogP contribution < -0.4 is 5.32 Å². The summed E-state index contributed by atoms with van der Waals surface area (Å²) in [5, 5.41) is 2.86. The monoisotopic (exact) mass is 282 g/mol. The van der Waals surface area contributed by atoms with Crippen LogP contribution in [0.2, 0.25) is 0 Å². The molecule has 0 radical (unpaired) electrons. The Morgan fingerprint density at radius 1 is 1.15 bits per heavy atom. The molecular formula is C13H13F3N4. The number of anilines is 1. The Bertz CT molecular complexity index is 570. The summed E-state index contributed by atoms with van der Waals surface area (Å²) in [5.74, 6) is 0.183. The average molecular weight is 282 g/mol. The first-order valence-corrected chi connectivity index (χ1v) is 6.10. The van der Waals surface area contributed by atoms with Crippen LogP contribution in [0.1, 0.15) is 18.9 Å². The van der Waals surface area contributed by atoms with Crippen molar-refractivity contribution in [1.82, 2.24) is 15.0 Å². The van der Waals surface area contributed by atoms with Crippen molar-refractivity contribution in [3.05, 3.63) is 36.3 Å². The zero-order chi connectivity index (χ0) is 14.6. The third kappa shape index (κ3) is 3.43. The quantitative estimate of drug-likeness (QED) is 0.934. The summed E-state index contributed by atoms with van der Waals surface area (Å²) in [6.07, 6.45) is 0.608. The maximum absolute atomic E-state index is 12.9. The molecule has 0 fully saturated rings. The van der Waals surface area contributed by atoms with Crippen molar-refractivity contribution in [2.24, 2.45) is 0 Å². The maximum atomic E-state index is 12.9. The summed E-state index contributed by atoms with van der Waals surface area (Å²) in [7, 11) is 0. The number of rotatable bonds is 4. The molecule has 4 nitrogen and oxygen atoms in total. The lowest BCUT2D eigenvalue weighted by Crippen LogP contribution is -2.09. The van der Waals surface area contributed by atoms with Crippen molar-refractivity contribution in [1.29, 1.82) is 0 Å². The molecule has 0 aromatic carbocycles. The van der Waals surface area contributed by atoms with Gasteiger partial charge in [-0.2, -0.15) is 13.2 Å². The molecule has 0 atom stereocenters. The molecule has 2 rings (SSSR count). The first kappa shape index (κ1) is 14.2. The third-order valence-corrected chi connectivity index (χ3v) is 2.53. The summed E-state index contributed by atoms with van der Waals surface area (Å²) < 4.78 is 38.7. The smallest absolute Gasteiger partial charge is 0.370 e. The van der Waals surface area contributed by atoms with Gasteiger partial charge in [0.15, 0.2) is 0 Å². The number of nitrogens with zero attached hydrogens (tertiary/aromatic N) is 3. The maximum Gasteiger partial charge on any atom is 0.416 e. The van der Waals surface area contributed by atoms with Crippen molar-refractivity contribution in [2.45, 2.75) is 19.5 Å². The van der Waals surface area contributed by atoms with Gasteiger partial charge in [0, 0.05) is 18.9 Å². The van der Waals surface area contributed by atoms with Gasteiger partial charge in [-0.3, -0.25) is 9.97 Å². The van der Waals surface area contributed by atoms with E-state index >= 15 is 0 Å². The Kier molecular flexibility index (Phi) is 4.16. The van der Waals surface area contributed by atoms with Crippen LogP contribution in [-0.4, -0.2) is 21.5 Å². The molecule has 0 aliphatic heterocycles. The molecule has 2 aromatic heterocycles. The van der Waals surface area contributed by atoms with Gasteiger partial charge in [0.25, 0.3) is 0 Å². The van der Waals surface area contributed by atoms with Crippen LogP contribution in [0.25, 0.3) is 11.4 Å². The van der Waals surface area contributed by atoms with E-state index in [0.29, 0.717) is 12.2 Å². The van der Waals surface area contributed by atoms with Crippen molar-refractivity contribution < 1.29 is 13.2 Å². The highest BCUT2D eigenvalue weighted by Gasteiger charge is 2.31. The third-order valence-electron chi connectivity index (χ3n) is 2.53. The first-order valence-electron chi connectivity index (χ1n) is 6.10. The zero-order valence-corrected chi connectivity index (χ0v) is 10.8. The number of halogens is 3. The van der Waals surface area contributed by atoms with Gasteiger partial charge in [0.2, 0.25) is 0 Å². The first-order chi connectivity index (χ1) is 9.50. The van der Waals surface area contributed by atoms with E-state index in [0.717, 1.165) is 18.6 Å². The lowest BCUT2D eigenvalue weighted by Gasteiger charge is -2.12. The molecule has 0 unspecified atom stereocenters. The van der Waals surface area contributed by atoms with E-state index in [4.69, 9.17) is 0 Å². The Hall–Kier alpha value is -2.18. The summed E-state index contributed by atoms with van der Waals surface area (Å²) in [6, 6.07) is 1.97. The van der Waals surface area contributed by atoms with Crippen LogP contribution in [0.15, 0.2) is 30.7 Å². The van der Waals surface area contributed by atoms with Gasteiger partial charge in [-0.1, -0.05) is 6.92 Å². The molecule has 106 valence electrons. The Balaban J connectivity index is 2.46. The van der Waals surface area contributed by atoms with Crippen LogP contribution in [-0.2, 0) is 6.18 Å². The van der Waals surface area contributed by atoms with Crippen LogP contribution in [0, 0.1) is 0 Å². The molecule has 2 heterocycles. The predicted octanol–water partition coefficient (Wildman–Crippen LogP) is 3.38. The minimum atomic E-state index is -4.43. The topological polar surface area (TPSA) is 50.7 Å². The SMILES string of the molecule is CCCNc1cc(C(F)(F)F)cc(-c2cnccn2)n1. The van der Waals surface area contributed by atoms with Crippen LogP contribution in [0.5, 0.6) is 0 Å². The van der Waals surface area contributed by atoms with Gasteiger partial charge >= 0.3 is 6.18 Å². The molecule has 0 amide bonds. The van der Waals surface area contributed by atoms with E-state index in [1.807, 2.05) is 6.92 Å². The Labute approximate surface area is 114 Å². The number of alkyl halides is 3. The lowest BCUT2D eigenvalue weighted by molar-refractivity contribution is -0.137. The molecule has 0 aliphatic rings. The lowest BCUT2D eigenvalue weighted by atomic mass is 10.2.